The zero-order valence-corrected chi connectivity index (χ0v) is 9.34. The van der Waals surface area contributed by atoms with Gasteiger partial charge in [0.05, 0.1) is 0 Å². The molecule has 2 aliphatic carbocycles. The van der Waals surface area contributed by atoms with Gasteiger partial charge in [0.15, 0.2) is 0 Å². The predicted molar refractivity (Wildman–Crippen MR) is 62.1 cm³/mol. The first-order valence-corrected chi connectivity index (χ1v) is 5.81. The lowest BCUT2D eigenvalue weighted by Gasteiger charge is -2.18. The highest BCUT2D eigenvalue weighted by atomic mass is 14.4. The van der Waals surface area contributed by atoms with Gasteiger partial charge in [-0.3, -0.25) is 0 Å². The van der Waals surface area contributed by atoms with Gasteiger partial charge in [0.1, 0.15) is 0 Å². The lowest BCUT2D eigenvalue weighted by molar-refractivity contribution is 0.434. The van der Waals surface area contributed by atoms with Crippen LogP contribution in [0.2, 0.25) is 0 Å². The van der Waals surface area contributed by atoms with Gasteiger partial charge >= 0.3 is 0 Å². The Kier molecular flexibility index (Phi) is 2.62. The van der Waals surface area contributed by atoms with Crippen molar-refractivity contribution < 1.29 is 0 Å². The molecule has 0 amide bonds. The van der Waals surface area contributed by atoms with Gasteiger partial charge in [-0.25, -0.2) is 0 Å². The van der Waals surface area contributed by atoms with Crippen LogP contribution in [-0.4, -0.2) is 0 Å². The van der Waals surface area contributed by atoms with Crippen molar-refractivity contribution in [2.45, 2.75) is 39.5 Å². The first-order chi connectivity index (χ1) is 6.77. The molecule has 0 heteroatoms. The van der Waals surface area contributed by atoms with E-state index in [2.05, 4.69) is 32.6 Å². The third-order valence-corrected chi connectivity index (χ3v) is 3.78. The first-order valence-electron chi connectivity index (χ1n) is 5.81. The van der Waals surface area contributed by atoms with Crippen molar-refractivity contribution in [2.24, 2.45) is 11.8 Å². The molecule has 0 heterocycles. The summed E-state index contributed by atoms with van der Waals surface area (Å²) in [6.07, 6.45) is 9.83. The molecule has 76 valence electrons. The molecule has 0 saturated heterocycles. The third-order valence-electron chi connectivity index (χ3n) is 3.78. The van der Waals surface area contributed by atoms with E-state index < -0.39 is 0 Å². The van der Waals surface area contributed by atoms with E-state index in [9.17, 15) is 0 Å². The van der Waals surface area contributed by atoms with Crippen LogP contribution < -0.4 is 0 Å². The fourth-order valence-electron chi connectivity index (χ4n) is 3.16. The molecular weight excluding hydrogens is 168 g/mol. The van der Waals surface area contributed by atoms with Crippen molar-refractivity contribution >= 4 is 0 Å². The van der Waals surface area contributed by atoms with E-state index >= 15 is 0 Å². The van der Waals surface area contributed by atoms with Crippen molar-refractivity contribution in [3.8, 4) is 0 Å². The quantitative estimate of drug-likeness (QED) is 0.621. The standard InChI is InChI=1S/C14H20/c1-4-6-12-7-8-13-10(3)9-11(5-2)14(12)13/h5,9,12,14H,2,4,6-8H2,1,3H3/t12-,14?/m1/s1. The van der Waals surface area contributed by atoms with Crippen LogP contribution in [0.1, 0.15) is 39.5 Å². The lowest BCUT2D eigenvalue weighted by Crippen LogP contribution is -2.08. The number of rotatable bonds is 3. The fourth-order valence-corrected chi connectivity index (χ4v) is 3.16. The number of hydrogen-bond donors (Lipinski definition) is 0. The molecule has 0 aromatic heterocycles. The van der Waals surface area contributed by atoms with Gasteiger partial charge in [0, 0.05) is 5.92 Å². The molecule has 0 N–H and O–H groups in total. The van der Waals surface area contributed by atoms with Crippen LogP contribution in [0, 0.1) is 11.8 Å². The second-order valence-electron chi connectivity index (χ2n) is 4.62. The van der Waals surface area contributed by atoms with Crippen molar-refractivity contribution in [3.05, 3.63) is 35.5 Å². The summed E-state index contributed by atoms with van der Waals surface area (Å²) in [4.78, 5) is 0. The first kappa shape index (κ1) is 9.76. The molecule has 0 aromatic carbocycles. The van der Waals surface area contributed by atoms with Crippen molar-refractivity contribution in [1.29, 1.82) is 0 Å². The van der Waals surface area contributed by atoms with Crippen LogP contribution in [0.5, 0.6) is 0 Å². The SMILES string of the molecule is C=CC1=CC(C)=C2CC[C@@H](CCC)C12. The molecule has 2 aliphatic rings. The molecule has 1 saturated carbocycles. The van der Waals surface area contributed by atoms with E-state index in [1.807, 2.05) is 0 Å². The average Bonchev–Trinajstić information content (AvgIpc) is 2.70. The largest absolute Gasteiger partial charge is 0.0988 e. The van der Waals surface area contributed by atoms with Crippen LogP contribution in [0.4, 0.5) is 0 Å². The zero-order chi connectivity index (χ0) is 10.1. The maximum Gasteiger partial charge on any atom is 0.00821 e. The van der Waals surface area contributed by atoms with E-state index in [-0.39, 0.29) is 0 Å². The fraction of sp³-hybridized carbons (Fsp3) is 0.571. The second-order valence-corrected chi connectivity index (χ2v) is 4.62. The Bertz CT molecular complexity index is 304. The Morgan fingerprint density at radius 3 is 3.00 bits per heavy atom. The van der Waals surface area contributed by atoms with Crippen LogP contribution >= 0.6 is 0 Å². The highest BCUT2D eigenvalue weighted by molar-refractivity contribution is 5.47. The highest BCUT2D eigenvalue weighted by Gasteiger charge is 2.36. The lowest BCUT2D eigenvalue weighted by atomic mass is 9.86. The third kappa shape index (κ3) is 1.37. The summed E-state index contributed by atoms with van der Waals surface area (Å²) < 4.78 is 0. The van der Waals surface area contributed by atoms with Crippen molar-refractivity contribution in [2.75, 3.05) is 0 Å². The Morgan fingerprint density at radius 2 is 2.36 bits per heavy atom. The summed E-state index contributed by atoms with van der Waals surface area (Å²) in [5.74, 6) is 1.64. The summed E-state index contributed by atoms with van der Waals surface area (Å²) in [6, 6.07) is 0. The molecule has 2 rings (SSSR count). The summed E-state index contributed by atoms with van der Waals surface area (Å²) in [5, 5.41) is 0. The Balaban J connectivity index is 2.24. The number of fused-ring (bicyclic) bond motifs is 1. The minimum absolute atomic E-state index is 0.743. The summed E-state index contributed by atoms with van der Waals surface area (Å²) in [5.41, 5.74) is 4.70. The molecule has 1 fully saturated rings. The van der Waals surface area contributed by atoms with Crippen LogP contribution in [0.15, 0.2) is 35.5 Å². The van der Waals surface area contributed by atoms with Gasteiger partial charge in [0.25, 0.3) is 0 Å². The molecule has 0 aromatic rings. The topological polar surface area (TPSA) is 0 Å². The maximum absolute atomic E-state index is 3.94. The molecule has 0 spiro atoms. The highest BCUT2D eigenvalue weighted by Crippen LogP contribution is 2.48. The number of hydrogen-bond acceptors (Lipinski definition) is 0. The molecule has 14 heavy (non-hydrogen) atoms. The van der Waals surface area contributed by atoms with Gasteiger partial charge in [-0.05, 0) is 37.7 Å². The molecule has 0 bridgehead atoms. The molecule has 0 radical (unpaired) electrons. The summed E-state index contributed by atoms with van der Waals surface area (Å²) in [6.45, 7) is 8.49. The molecule has 1 unspecified atom stereocenters. The monoisotopic (exact) mass is 188 g/mol. The Morgan fingerprint density at radius 1 is 1.57 bits per heavy atom. The Hall–Kier alpha value is -0.780. The van der Waals surface area contributed by atoms with E-state index in [1.54, 1.807) is 5.57 Å². The number of allylic oxidation sites excluding steroid dienone is 5. The second kappa shape index (κ2) is 3.76. The van der Waals surface area contributed by atoms with Gasteiger partial charge in [-0.1, -0.05) is 43.2 Å². The minimum atomic E-state index is 0.743. The van der Waals surface area contributed by atoms with Gasteiger partial charge in [-0.15, -0.1) is 0 Å². The van der Waals surface area contributed by atoms with E-state index in [0.717, 1.165) is 11.8 Å². The molecule has 0 nitrogen and oxygen atoms in total. The maximum atomic E-state index is 3.94. The van der Waals surface area contributed by atoms with E-state index in [1.165, 1.54) is 36.8 Å². The van der Waals surface area contributed by atoms with Crippen molar-refractivity contribution in [3.63, 3.8) is 0 Å². The molecule has 2 atom stereocenters. The van der Waals surface area contributed by atoms with Gasteiger partial charge in [-0.2, -0.15) is 0 Å². The molecule has 0 aliphatic heterocycles. The Labute approximate surface area is 87.4 Å². The van der Waals surface area contributed by atoms with E-state index in [0.29, 0.717) is 0 Å². The predicted octanol–water partition coefficient (Wildman–Crippen LogP) is 4.26. The van der Waals surface area contributed by atoms with Crippen LogP contribution in [0.3, 0.4) is 0 Å². The van der Waals surface area contributed by atoms with Gasteiger partial charge in [0.2, 0.25) is 0 Å². The van der Waals surface area contributed by atoms with Gasteiger partial charge < -0.3 is 0 Å². The smallest absolute Gasteiger partial charge is 0.00821 e. The minimum Gasteiger partial charge on any atom is -0.0988 e. The zero-order valence-electron chi connectivity index (χ0n) is 9.34. The van der Waals surface area contributed by atoms with Crippen molar-refractivity contribution in [1.82, 2.24) is 0 Å². The summed E-state index contributed by atoms with van der Waals surface area (Å²) >= 11 is 0. The summed E-state index contributed by atoms with van der Waals surface area (Å²) in [7, 11) is 0. The van der Waals surface area contributed by atoms with Crippen LogP contribution in [0.25, 0.3) is 0 Å². The normalized spacial score (nSPS) is 30.6. The van der Waals surface area contributed by atoms with Crippen LogP contribution in [-0.2, 0) is 0 Å². The average molecular weight is 188 g/mol. The van der Waals surface area contributed by atoms with E-state index in [4.69, 9.17) is 0 Å². The molecular formula is C14H20.